The number of benzene rings is 6. The monoisotopic (exact) mass is 1040 g/mol. The molecule has 0 radical (unpaired) electrons. The molecule has 0 amide bonds. The summed E-state index contributed by atoms with van der Waals surface area (Å²) >= 11 is 0. The molecular weight excluding hydrogens is 962 g/mol. The Hall–Kier alpha value is -5.57. The molecule has 5 heteroatoms. The standard InChI is InChI=1S/C59H62N3O.Pt/c1-35(2)47-16-14-17-48(36(3)4)54(47)42-22-25-52(38(6)30-42)62-53-19-15-18-49(55(53)61-57(62)50-29-37(5)28-39(7)56(50)63)43-31-44(33-46(32-43)59(11,12)13)51-34-41(26-27-60-51)40-20-23-45(24-21-40)58(8,9)10;/h14-30,32-36,63H,1-13H3;/q-1;/i6D3,8D3,9D3,10D3,20D,21D,23D,24D,35D;. The Labute approximate surface area is 420 Å². The number of hydrogen-bond donors (Lipinski definition) is 1. The van der Waals surface area contributed by atoms with Gasteiger partial charge < -0.3 is 5.11 Å². The van der Waals surface area contributed by atoms with Crippen molar-refractivity contribution >= 4 is 11.0 Å². The van der Waals surface area contributed by atoms with E-state index in [1.807, 2.05) is 88.4 Å². The molecule has 0 atom stereocenters. The number of aromatic nitrogens is 3. The Kier molecular flexibility index (Phi) is 8.07. The first-order valence-electron chi connectivity index (χ1n) is 29.5. The molecule has 0 bridgehead atoms. The fourth-order valence-corrected chi connectivity index (χ4v) is 8.21. The molecule has 0 aliphatic carbocycles. The number of pyridine rings is 1. The molecule has 0 spiro atoms. The Morgan fingerprint density at radius 3 is 2.12 bits per heavy atom. The van der Waals surface area contributed by atoms with Gasteiger partial charge in [-0.25, -0.2) is 4.98 Å². The van der Waals surface area contributed by atoms with Gasteiger partial charge in [-0.05, 0) is 129 Å². The molecule has 330 valence electrons. The van der Waals surface area contributed by atoms with Gasteiger partial charge >= 0.3 is 0 Å². The van der Waals surface area contributed by atoms with Crippen LogP contribution in [0.15, 0.2) is 121 Å². The molecule has 2 aromatic heterocycles. The van der Waals surface area contributed by atoms with Gasteiger partial charge in [0.1, 0.15) is 11.6 Å². The van der Waals surface area contributed by atoms with E-state index < -0.39 is 73.9 Å². The van der Waals surface area contributed by atoms with Crippen LogP contribution in [0.3, 0.4) is 0 Å². The number of imidazole rings is 1. The van der Waals surface area contributed by atoms with Crippen LogP contribution >= 0.6 is 0 Å². The van der Waals surface area contributed by atoms with Crippen molar-refractivity contribution in [1.82, 2.24) is 14.5 Å². The summed E-state index contributed by atoms with van der Waals surface area (Å²) in [6, 6.07) is 26.4. The Balaban J connectivity index is 0.00000946. The van der Waals surface area contributed by atoms with E-state index in [-0.39, 0.29) is 66.6 Å². The van der Waals surface area contributed by atoms with Crippen LogP contribution < -0.4 is 0 Å². The van der Waals surface area contributed by atoms with Crippen molar-refractivity contribution in [1.29, 1.82) is 0 Å². The van der Waals surface area contributed by atoms with Crippen molar-refractivity contribution in [3.8, 4) is 67.5 Å². The molecule has 1 N–H and O–H groups in total. The van der Waals surface area contributed by atoms with Crippen molar-refractivity contribution in [2.45, 2.75) is 112 Å². The van der Waals surface area contributed by atoms with Crippen molar-refractivity contribution in [3.63, 3.8) is 0 Å². The van der Waals surface area contributed by atoms with Gasteiger partial charge in [0.2, 0.25) is 0 Å². The molecule has 0 fully saturated rings. The van der Waals surface area contributed by atoms with Crippen molar-refractivity contribution in [3.05, 3.63) is 166 Å². The Bertz CT molecular complexity index is 3700. The molecule has 0 aliphatic heterocycles. The summed E-state index contributed by atoms with van der Waals surface area (Å²) in [4.78, 5) is 9.95. The minimum absolute atomic E-state index is 0. The fraction of sp³-hybridized carbons (Fsp3) is 0.288. The second-order valence-electron chi connectivity index (χ2n) is 18.0. The third kappa shape index (κ3) is 8.92. The van der Waals surface area contributed by atoms with Crippen LogP contribution in [-0.4, -0.2) is 19.6 Å². The molecule has 8 aromatic rings. The van der Waals surface area contributed by atoms with Gasteiger partial charge in [-0.2, -0.15) is 0 Å². The van der Waals surface area contributed by atoms with Crippen LogP contribution in [0.1, 0.15) is 143 Å². The van der Waals surface area contributed by atoms with Gasteiger partial charge in [0.25, 0.3) is 0 Å². The Morgan fingerprint density at radius 1 is 0.719 bits per heavy atom. The van der Waals surface area contributed by atoms with Crippen LogP contribution in [0.4, 0.5) is 0 Å². The number of aryl methyl sites for hydroxylation is 3. The molecule has 64 heavy (non-hydrogen) atoms. The third-order valence-corrected chi connectivity index (χ3v) is 11.5. The smallest absolute Gasteiger partial charge is 0.148 e. The maximum atomic E-state index is 11.9. The largest absolute Gasteiger partial charge is 0.507 e. The van der Waals surface area contributed by atoms with Crippen LogP contribution in [-0.2, 0) is 31.9 Å². The molecule has 2 heterocycles. The first-order valence-corrected chi connectivity index (χ1v) is 21.0. The van der Waals surface area contributed by atoms with Gasteiger partial charge in [0, 0.05) is 50.8 Å². The van der Waals surface area contributed by atoms with Crippen molar-refractivity contribution in [2.24, 2.45) is 0 Å². The SMILES string of the molecule is [2H]c1c([2H])c(C(C([2H])([2H])[2H])(C([2H])([2H])[2H])C([2H])([2H])[2H])c([2H])c([2H])c1-c1ccnc(-c2[c-]c(-c3cccc4c3nc(-c3cc(C)cc(C)c3O)n4-c3ccc(-c4c(C(C)C)cccc4C([2H])(C)C)cc3C([2H])([2H])[2H])cc(C(C)(C)C)c2)c1.[Pt]. The van der Waals surface area contributed by atoms with E-state index in [4.69, 9.17) is 28.3 Å². The average molecular weight is 1040 g/mol. The molecular formula is C59H62N3OPt-. The van der Waals surface area contributed by atoms with E-state index in [0.717, 1.165) is 27.8 Å². The van der Waals surface area contributed by atoms with E-state index >= 15 is 0 Å². The van der Waals surface area contributed by atoms with E-state index in [1.165, 1.54) is 18.3 Å². The van der Waals surface area contributed by atoms with Gasteiger partial charge in [0.15, 0.2) is 0 Å². The Morgan fingerprint density at radius 2 is 1.44 bits per heavy atom. The molecule has 0 saturated heterocycles. The normalized spacial score (nSPS) is 16.9. The zero-order valence-electron chi connectivity index (χ0n) is 54.4. The second-order valence-corrected chi connectivity index (χ2v) is 18.0. The average Bonchev–Trinajstić information content (AvgIpc) is 3.72. The van der Waals surface area contributed by atoms with Gasteiger partial charge in [0.05, 0.1) is 27.8 Å². The number of rotatable bonds is 8. The van der Waals surface area contributed by atoms with E-state index in [1.54, 1.807) is 43.5 Å². The fourth-order valence-electron chi connectivity index (χ4n) is 8.21. The zero-order valence-corrected chi connectivity index (χ0v) is 39.7. The third-order valence-electron chi connectivity index (χ3n) is 11.5. The summed E-state index contributed by atoms with van der Waals surface area (Å²) in [6.07, 6.45) is 1.37. The number of nitrogens with zero attached hydrogens (tertiary/aromatic N) is 3. The first kappa shape index (κ1) is 29.1. The number of aromatic hydroxyl groups is 1. The molecule has 4 nitrogen and oxygen atoms in total. The number of phenols is 1. The van der Waals surface area contributed by atoms with Gasteiger partial charge in [-0.1, -0.05) is 153 Å². The second kappa shape index (κ2) is 17.8. The summed E-state index contributed by atoms with van der Waals surface area (Å²) in [5, 5.41) is 11.9. The van der Waals surface area contributed by atoms with E-state index in [0.29, 0.717) is 44.4 Å². The number of phenolic OH excluding ortho intramolecular Hbond substituents is 1. The number of fused-ring (bicyclic) bond motifs is 1. The van der Waals surface area contributed by atoms with E-state index in [2.05, 4.69) is 24.9 Å². The molecule has 0 unspecified atom stereocenters. The maximum Gasteiger partial charge on any atom is 0.148 e. The predicted molar refractivity (Wildman–Crippen MR) is 266 cm³/mol. The van der Waals surface area contributed by atoms with Crippen LogP contribution in [0.5, 0.6) is 5.75 Å². The first-order chi connectivity index (χ1) is 36.7. The minimum atomic E-state index is -3.84. The summed E-state index contributed by atoms with van der Waals surface area (Å²) in [5.41, 5.74) is 2.76. The number of hydrogen-bond acceptors (Lipinski definition) is 3. The van der Waals surface area contributed by atoms with Crippen molar-refractivity contribution in [2.75, 3.05) is 0 Å². The molecule has 8 rings (SSSR count). The summed E-state index contributed by atoms with van der Waals surface area (Å²) in [7, 11) is 0. The number of para-hydroxylation sites is 1. The summed E-state index contributed by atoms with van der Waals surface area (Å²) < 4.78 is 148. The summed E-state index contributed by atoms with van der Waals surface area (Å²) in [6.45, 7) is 3.21. The maximum absolute atomic E-state index is 11.9. The molecule has 6 aromatic carbocycles. The van der Waals surface area contributed by atoms with Gasteiger partial charge in [-0.15, -0.1) is 29.3 Å². The predicted octanol–water partition coefficient (Wildman–Crippen LogP) is 16.0. The zero-order chi connectivity index (χ0) is 59.5. The van der Waals surface area contributed by atoms with Crippen molar-refractivity contribution < 1.29 is 49.5 Å². The van der Waals surface area contributed by atoms with Crippen LogP contribution in [0, 0.1) is 26.8 Å². The minimum Gasteiger partial charge on any atom is -0.507 e. The van der Waals surface area contributed by atoms with Crippen LogP contribution in [0.2, 0.25) is 0 Å². The topological polar surface area (TPSA) is 50.9 Å². The summed E-state index contributed by atoms with van der Waals surface area (Å²) in [5.74, 6) is -0.779. The molecule has 0 saturated carbocycles. The van der Waals surface area contributed by atoms with Gasteiger partial charge in [-0.3, -0.25) is 9.55 Å². The van der Waals surface area contributed by atoms with Crippen LogP contribution in [0.25, 0.3) is 72.7 Å². The van der Waals surface area contributed by atoms with E-state index in [9.17, 15) is 5.11 Å². The quantitative estimate of drug-likeness (QED) is 0.154. The molecule has 0 aliphatic rings.